The van der Waals surface area contributed by atoms with E-state index in [2.05, 4.69) is 11.1 Å². The first-order valence-corrected chi connectivity index (χ1v) is 7.60. The Morgan fingerprint density at radius 1 is 0.875 bits per heavy atom. The first kappa shape index (κ1) is 14.8. The SMILES string of the molecule is Fc1[c]c(F)c(-c2ccc3nc(-c4ccc(Cl)cc4)cn3c2)cc1. The van der Waals surface area contributed by atoms with E-state index in [1.54, 1.807) is 30.5 Å². The number of pyridine rings is 1. The molecular weight excluding hydrogens is 330 g/mol. The van der Waals surface area contributed by atoms with E-state index in [1.165, 1.54) is 12.1 Å². The van der Waals surface area contributed by atoms with Crippen molar-refractivity contribution in [1.82, 2.24) is 9.38 Å². The molecule has 24 heavy (non-hydrogen) atoms. The van der Waals surface area contributed by atoms with Gasteiger partial charge in [0.1, 0.15) is 17.3 Å². The maximum atomic E-state index is 13.9. The standard InChI is InChI=1S/C19H10ClF2N2/c20-14-4-1-12(2-5-14)18-11-24-10-13(3-8-19(24)23-18)16-7-6-15(21)9-17(16)22/h1-8,10-11H. The molecule has 2 aromatic heterocycles. The molecule has 2 aromatic carbocycles. The first-order chi connectivity index (χ1) is 11.6. The Balaban J connectivity index is 1.80. The van der Waals surface area contributed by atoms with Crippen LogP contribution in [0.2, 0.25) is 5.02 Å². The Kier molecular flexibility index (Phi) is 3.54. The highest BCUT2D eigenvalue weighted by Crippen LogP contribution is 2.26. The van der Waals surface area contributed by atoms with Gasteiger partial charge >= 0.3 is 0 Å². The summed E-state index contributed by atoms with van der Waals surface area (Å²) in [5, 5.41) is 0.660. The molecule has 0 aliphatic heterocycles. The molecule has 4 rings (SSSR count). The summed E-state index contributed by atoms with van der Waals surface area (Å²) in [4.78, 5) is 4.54. The van der Waals surface area contributed by atoms with E-state index in [9.17, 15) is 8.78 Å². The third-order valence-electron chi connectivity index (χ3n) is 3.76. The van der Waals surface area contributed by atoms with Crippen molar-refractivity contribution >= 4 is 17.2 Å². The van der Waals surface area contributed by atoms with E-state index in [-0.39, 0.29) is 0 Å². The number of nitrogens with zero attached hydrogens (tertiary/aromatic N) is 2. The molecule has 0 fully saturated rings. The number of aromatic nitrogens is 2. The fourth-order valence-electron chi connectivity index (χ4n) is 2.58. The zero-order valence-corrected chi connectivity index (χ0v) is 13.1. The van der Waals surface area contributed by atoms with Crippen LogP contribution in [-0.2, 0) is 0 Å². The number of imidazole rings is 1. The van der Waals surface area contributed by atoms with Gasteiger partial charge in [-0.3, -0.25) is 0 Å². The van der Waals surface area contributed by atoms with Crippen molar-refractivity contribution in [3.63, 3.8) is 0 Å². The van der Waals surface area contributed by atoms with Gasteiger partial charge in [-0.25, -0.2) is 13.8 Å². The highest BCUT2D eigenvalue weighted by Gasteiger charge is 2.10. The van der Waals surface area contributed by atoms with E-state index in [0.717, 1.165) is 16.9 Å². The maximum absolute atomic E-state index is 13.9. The van der Waals surface area contributed by atoms with Crippen LogP contribution in [0.15, 0.2) is 60.9 Å². The number of halogens is 3. The Labute approximate surface area is 142 Å². The smallest absolute Gasteiger partial charge is 0.142 e. The summed E-state index contributed by atoms with van der Waals surface area (Å²) in [6, 6.07) is 15.6. The van der Waals surface area contributed by atoms with Crippen LogP contribution in [-0.4, -0.2) is 9.38 Å². The highest BCUT2D eigenvalue weighted by molar-refractivity contribution is 6.30. The van der Waals surface area contributed by atoms with Gasteiger partial charge in [0.05, 0.1) is 11.8 Å². The predicted molar refractivity (Wildman–Crippen MR) is 89.8 cm³/mol. The molecule has 0 spiro atoms. The number of benzene rings is 2. The Morgan fingerprint density at radius 3 is 2.38 bits per heavy atom. The number of rotatable bonds is 2. The average molecular weight is 340 g/mol. The second kappa shape index (κ2) is 5.73. The molecule has 0 atom stereocenters. The molecule has 0 amide bonds. The van der Waals surface area contributed by atoms with Crippen molar-refractivity contribution in [2.24, 2.45) is 0 Å². The molecule has 0 saturated carbocycles. The maximum Gasteiger partial charge on any atom is 0.142 e. The van der Waals surface area contributed by atoms with Gasteiger partial charge in [-0.1, -0.05) is 23.7 Å². The Hall–Kier alpha value is -2.72. The summed E-state index contributed by atoms with van der Waals surface area (Å²) in [6.45, 7) is 0. The average Bonchev–Trinajstić information content (AvgIpc) is 2.98. The van der Waals surface area contributed by atoms with Gasteiger partial charge in [0.2, 0.25) is 0 Å². The molecule has 2 nitrogen and oxygen atoms in total. The third kappa shape index (κ3) is 2.65. The fraction of sp³-hybridized carbons (Fsp3) is 0. The summed E-state index contributed by atoms with van der Waals surface area (Å²) < 4.78 is 28.7. The molecule has 117 valence electrons. The van der Waals surface area contributed by atoms with E-state index < -0.39 is 11.6 Å². The summed E-state index contributed by atoms with van der Waals surface area (Å²) in [5.41, 5.74) is 3.37. The second-order valence-corrected chi connectivity index (χ2v) is 5.79. The van der Waals surface area contributed by atoms with Crippen LogP contribution < -0.4 is 0 Å². The lowest BCUT2D eigenvalue weighted by atomic mass is 10.1. The normalized spacial score (nSPS) is 11.1. The fourth-order valence-corrected chi connectivity index (χ4v) is 2.70. The lowest BCUT2D eigenvalue weighted by Gasteiger charge is -2.04. The van der Waals surface area contributed by atoms with Crippen LogP contribution in [0, 0.1) is 17.7 Å². The van der Waals surface area contributed by atoms with Gasteiger partial charge < -0.3 is 4.40 Å². The minimum Gasteiger partial charge on any atom is -0.306 e. The Bertz CT molecular complexity index is 1040. The van der Waals surface area contributed by atoms with Crippen LogP contribution >= 0.6 is 11.6 Å². The highest BCUT2D eigenvalue weighted by atomic mass is 35.5. The van der Waals surface area contributed by atoms with E-state index >= 15 is 0 Å². The van der Waals surface area contributed by atoms with Gasteiger partial charge in [-0.05, 0) is 36.4 Å². The number of hydrogen-bond acceptors (Lipinski definition) is 1. The molecule has 0 N–H and O–H groups in total. The van der Waals surface area contributed by atoms with Crippen molar-refractivity contribution in [2.75, 3.05) is 0 Å². The van der Waals surface area contributed by atoms with Gasteiger partial charge in [0.15, 0.2) is 0 Å². The monoisotopic (exact) mass is 339 g/mol. The molecule has 0 aliphatic rings. The zero-order valence-electron chi connectivity index (χ0n) is 12.3. The van der Waals surface area contributed by atoms with Crippen molar-refractivity contribution in [1.29, 1.82) is 0 Å². The van der Waals surface area contributed by atoms with Crippen molar-refractivity contribution in [3.05, 3.63) is 83.6 Å². The van der Waals surface area contributed by atoms with Crippen molar-refractivity contribution in [2.45, 2.75) is 0 Å². The molecule has 1 radical (unpaired) electrons. The third-order valence-corrected chi connectivity index (χ3v) is 4.02. The molecule has 0 saturated heterocycles. The predicted octanol–water partition coefficient (Wildman–Crippen LogP) is 5.40. The summed E-state index contributed by atoms with van der Waals surface area (Å²) in [7, 11) is 0. The molecule has 2 heterocycles. The van der Waals surface area contributed by atoms with E-state index in [0.29, 0.717) is 16.1 Å². The molecular formula is C19H10ClF2N2. The topological polar surface area (TPSA) is 17.3 Å². The van der Waals surface area contributed by atoms with E-state index in [1.807, 2.05) is 22.7 Å². The van der Waals surface area contributed by atoms with Crippen LogP contribution in [0.4, 0.5) is 8.78 Å². The minimum atomic E-state index is -0.718. The van der Waals surface area contributed by atoms with Crippen LogP contribution in [0.1, 0.15) is 0 Å². The van der Waals surface area contributed by atoms with Crippen molar-refractivity contribution < 1.29 is 8.78 Å². The summed E-state index contributed by atoms with van der Waals surface area (Å²) in [5.74, 6) is -1.43. The minimum absolute atomic E-state index is 0.292. The molecule has 4 aromatic rings. The lowest BCUT2D eigenvalue weighted by Crippen LogP contribution is -1.90. The Morgan fingerprint density at radius 2 is 1.62 bits per heavy atom. The summed E-state index contributed by atoms with van der Waals surface area (Å²) >= 11 is 5.90. The molecule has 5 heteroatoms. The first-order valence-electron chi connectivity index (χ1n) is 7.22. The van der Waals surface area contributed by atoms with Crippen molar-refractivity contribution in [3.8, 4) is 22.4 Å². The molecule has 0 aliphatic carbocycles. The van der Waals surface area contributed by atoms with E-state index in [4.69, 9.17) is 11.6 Å². The van der Waals surface area contributed by atoms with Gasteiger partial charge in [0, 0.05) is 34.1 Å². The van der Waals surface area contributed by atoms with Crippen LogP contribution in [0.25, 0.3) is 28.0 Å². The van der Waals surface area contributed by atoms with Gasteiger partial charge in [0.25, 0.3) is 0 Å². The van der Waals surface area contributed by atoms with Crippen LogP contribution in [0.3, 0.4) is 0 Å². The van der Waals surface area contributed by atoms with Gasteiger partial charge in [-0.15, -0.1) is 0 Å². The number of fused-ring (bicyclic) bond motifs is 1. The zero-order chi connectivity index (χ0) is 16.7. The largest absolute Gasteiger partial charge is 0.306 e. The second-order valence-electron chi connectivity index (χ2n) is 5.35. The molecule has 0 bridgehead atoms. The quantitative estimate of drug-likeness (QED) is 0.478. The molecule has 0 unspecified atom stereocenters. The lowest BCUT2D eigenvalue weighted by molar-refractivity contribution is 0.581. The summed E-state index contributed by atoms with van der Waals surface area (Å²) in [6.07, 6.45) is 3.61. The van der Waals surface area contributed by atoms with Crippen LogP contribution in [0.5, 0.6) is 0 Å². The van der Waals surface area contributed by atoms with Gasteiger partial charge in [-0.2, -0.15) is 0 Å². The number of hydrogen-bond donors (Lipinski definition) is 0.